The second-order valence-electron chi connectivity index (χ2n) is 6.12. The molecule has 0 saturated carbocycles. The fraction of sp³-hybridized carbons (Fsp3) is 0.0870. The Bertz CT molecular complexity index is 1070. The average molecular weight is 456 g/mol. The number of hydrogen-bond donors (Lipinski definition) is 0. The first-order valence-corrected chi connectivity index (χ1v) is 9.42. The molecular formula is C23H16BrF2NO2. The van der Waals surface area contributed by atoms with Crippen LogP contribution < -0.4 is 9.47 Å². The van der Waals surface area contributed by atoms with Gasteiger partial charge in [-0.15, -0.1) is 0 Å². The van der Waals surface area contributed by atoms with Crippen molar-refractivity contribution in [3.63, 3.8) is 0 Å². The van der Waals surface area contributed by atoms with Crippen molar-refractivity contribution in [2.75, 3.05) is 7.11 Å². The van der Waals surface area contributed by atoms with Gasteiger partial charge < -0.3 is 9.47 Å². The first-order valence-electron chi connectivity index (χ1n) is 8.62. The van der Waals surface area contributed by atoms with E-state index in [0.717, 1.165) is 5.56 Å². The zero-order valence-corrected chi connectivity index (χ0v) is 17.0. The van der Waals surface area contributed by atoms with E-state index in [9.17, 15) is 14.0 Å². The maximum atomic E-state index is 13.1. The third kappa shape index (κ3) is 5.21. The van der Waals surface area contributed by atoms with Gasteiger partial charge in [0.15, 0.2) is 11.5 Å². The number of nitrogens with zero attached hydrogens (tertiary/aromatic N) is 1. The molecule has 3 rings (SSSR count). The third-order valence-electron chi connectivity index (χ3n) is 4.17. The Morgan fingerprint density at radius 1 is 1.00 bits per heavy atom. The Balaban J connectivity index is 1.88. The standard InChI is InChI=1S/C23H16BrF2NO2/c1-28-22-11-17(10-18(13-27)16-4-8-20(26)9-5-16)21(24)12-23(22)29-14-15-2-6-19(25)7-3-15/h2-12H,14H2,1H3/b18-10+. The SMILES string of the molecule is COc1cc(/C=C(\C#N)c2ccc(F)cc2)c(Br)cc1OCc1ccc(F)cc1. The van der Waals surface area contributed by atoms with Crippen LogP contribution in [0.3, 0.4) is 0 Å². The number of benzene rings is 3. The van der Waals surface area contributed by atoms with Crippen molar-refractivity contribution in [2.45, 2.75) is 6.61 Å². The predicted molar refractivity (Wildman–Crippen MR) is 111 cm³/mol. The lowest BCUT2D eigenvalue weighted by Crippen LogP contribution is -1.98. The highest BCUT2D eigenvalue weighted by molar-refractivity contribution is 9.10. The molecule has 6 heteroatoms. The highest BCUT2D eigenvalue weighted by atomic mass is 79.9. The van der Waals surface area contributed by atoms with Gasteiger partial charge >= 0.3 is 0 Å². The van der Waals surface area contributed by atoms with E-state index in [1.807, 2.05) is 0 Å². The van der Waals surface area contributed by atoms with Gasteiger partial charge in [0.2, 0.25) is 0 Å². The lowest BCUT2D eigenvalue weighted by Gasteiger charge is -2.13. The van der Waals surface area contributed by atoms with Gasteiger partial charge in [-0.05, 0) is 59.2 Å². The molecule has 0 aliphatic carbocycles. The molecule has 3 aromatic rings. The number of nitriles is 1. The van der Waals surface area contributed by atoms with E-state index in [1.165, 1.54) is 31.4 Å². The zero-order valence-electron chi connectivity index (χ0n) is 15.5. The summed E-state index contributed by atoms with van der Waals surface area (Å²) in [5, 5.41) is 9.50. The molecule has 0 radical (unpaired) electrons. The second-order valence-corrected chi connectivity index (χ2v) is 6.97. The Morgan fingerprint density at radius 2 is 1.62 bits per heavy atom. The van der Waals surface area contributed by atoms with Crippen molar-refractivity contribution < 1.29 is 18.3 Å². The van der Waals surface area contributed by atoms with E-state index >= 15 is 0 Å². The van der Waals surface area contributed by atoms with Gasteiger partial charge in [0, 0.05) is 4.47 Å². The van der Waals surface area contributed by atoms with Gasteiger partial charge in [-0.25, -0.2) is 8.78 Å². The van der Waals surface area contributed by atoms with Crippen LogP contribution in [0.15, 0.2) is 65.1 Å². The summed E-state index contributed by atoms with van der Waals surface area (Å²) in [5.41, 5.74) is 2.51. The van der Waals surface area contributed by atoms with Crippen molar-refractivity contribution in [1.82, 2.24) is 0 Å². The topological polar surface area (TPSA) is 42.2 Å². The minimum Gasteiger partial charge on any atom is -0.493 e. The van der Waals surface area contributed by atoms with Gasteiger partial charge in [0.1, 0.15) is 18.2 Å². The summed E-state index contributed by atoms with van der Waals surface area (Å²) in [4.78, 5) is 0. The third-order valence-corrected chi connectivity index (χ3v) is 4.85. The molecule has 0 saturated heterocycles. The fourth-order valence-electron chi connectivity index (χ4n) is 2.64. The molecule has 0 bridgehead atoms. The lowest BCUT2D eigenvalue weighted by atomic mass is 10.0. The Morgan fingerprint density at radius 3 is 2.21 bits per heavy atom. The number of halogens is 3. The smallest absolute Gasteiger partial charge is 0.162 e. The lowest BCUT2D eigenvalue weighted by molar-refractivity contribution is 0.284. The van der Waals surface area contributed by atoms with Crippen molar-refractivity contribution in [3.8, 4) is 17.6 Å². The molecule has 0 heterocycles. The van der Waals surface area contributed by atoms with Crippen molar-refractivity contribution in [3.05, 3.63) is 93.5 Å². The molecule has 0 aliphatic heterocycles. The monoisotopic (exact) mass is 455 g/mol. The van der Waals surface area contributed by atoms with E-state index in [2.05, 4.69) is 22.0 Å². The minimum atomic E-state index is -0.364. The molecule has 0 aliphatic rings. The van der Waals surface area contributed by atoms with E-state index in [1.54, 1.807) is 42.5 Å². The van der Waals surface area contributed by atoms with Gasteiger partial charge in [-0.2, -0.15) is 5.26 Å². The highest BCUT2D eigenvalue weighted by Crippen LogP contribution is 2.36. The largest absolute Gasteiger partial charge is 0.493 e. The molecule has 0 amide bonds. The molecule has 0 spiro atoms. The molecule has 29 heavy (non-hydrogen) atoms. The van der Waals surface area contributed by atoms with Crippen LogP contribution in [0.1, 0.15) is 16.7 Å². The van der Waals surface area contributed by atoms with Crippen LogP contribution in [0.2, 0.25) is 0 Å². The van der Waals surface area contributed by atoms with E-state index < -0.39 is 0 Å². The van der Waals surface area contributed by atoms with Gasteiger partial charge in [0.05, 0.1) is 18.8 Å². The van der Waals surface area contributed by atoms with Crippen LogP contribution in [-0.4, -0.2) is 7.11 Å². The van der Waals surface area contributed by atoms with Crippen LogP contribution in [0.25, 0.3) is 11.6 Å². The summed E-state index contributed by atoms with van der Waals surface area (Å²) in [5.74, 6) is 0.315. The number of allylic oxidation sites excluding steroid dienone is 1. The summed E-state index contributed by atoms with van der Waals surface area (Å²) >= 11 is 3.49. The molecule has 0 atom stereocenters. The average Bonchev–Trinajstić information content (AvgIpc) is 2.73. The van der Waals surface area contributed by atoms with Gasteiger partial charge in [0.25, 0.3) is 0 Å². The Kier molecular flexibility index (Phi) is 6.63. The number of rotatable bonds is 6. The highest BCUT2D eigenvalue weighted by Gasteiger charge is 2.11. The Hall–Kier alpha value is -3.17. The van der Waals surface area contributed by atoms with E-state index in [0.29, 0.717) is 32.7 Å². The van der Waals surface area contributed by atoms with Crippen LogP contribution in [0.4, 0.5) is 8.78 Å². The van der Waals surface area contributed by atoms with Crippen LogP contribution in [0, 0.1) is 23.0 Å². The molecule has 0 fully saturated rings. The molecule has 0 N–H and O–H groups in total. The quantitative estimate of drug-likeness (QED) is 0.319. The van der Waals surface area contributed by atoms with E-state index in [-0.39, 0.29) is 18.2 Å². The van der Waals surface area contributed by atoms with Crippen molar-refractivity contribution >= 4 is 27.6 Å². The Labute approximate surface area is 175 Å². The molecular weight excluding hydrogens is 440 g/mol. The molecule has 3 nitrogen and oxygen atoms in total. The number of hydrogen-bond acceptors (Lipinski definition) is 3. The van der Waals surface area contributed by atoms with Gasteiger partial charge in [-0.3, -0.25) is 0 Å². The molecule has 0 unspecified atom stereocenters. The summed E-state index contributed by atoms with van der Waals surface area (Å²) < 4.78 is 38.1. The maximum Gasteiger partial charge on any atom is 0.162 e. The minimum absolute atomic E-state index is 0.247. The maximum absolute atomic E-state index is 13.1. The summed E-state index contributed by atoms with van der Waals surface area (Å²) in [6.45, 7) is 0.247. The first-order chi connectivity index (χ1) is 14.0. The summed E-state index contributed by atoms with van der Waals surface area (Å²) in [6, 6.07) is 17.4. The first kappa shape index (κ1) is 20.6. The summed E-state index contributed by atoms with van der Waals surface area (Å²) in [7, 11) is 1.52. The normalized spacial score (nSPS) is 11.1. The van der Waals surface area contributed by atoms with Gasteiger partial charge in [-0.1, -0.05) is 40.2 Å². The number of ether oxygens (including phenoxy) is 2. The van der Waals surface area contributed by atoms with Crippen molar-refractivity contribution in [1.29, 1.82) is 5.26 Å². The van der Waals surface area contributed by atoms with E-state index in [4.69, 9.17) is 9.47 Å². The van der Waals surface area contributed by atoms with Crippen LogP contribution >= 0.6 is 15.9 Å². The predicted octanol–water partition coefficient (Wildman–Crippen LogP) is 6.38. The van der Waals surface area contributed by atoms with Crippen LogP contribution in [-0.2, 0) is 6.61 Å². The fourth-order valence-corrected chi connectivity index (χ4v) is 3.08. The molecule has 0 aromatic heterocycles. The summed E-state index contributed by atoms with van der Waals surface area (Å²) in [6.07, 6.45) is 1.68. The van der Waals surface area contributed by atoms with Crippen molar-refractivity contribution in [2.24, 2.45) is 0 Å². The van der Waals surface area contributed by atoms with Crippen LogP contribution in [0.5, 0.6) is 11.5 Å². The number of methoxy groups -OCH3 is 1. The second kappa shape index (κ2) is 9.35. The molecule has 146 valence electrons. The zero-order chi connectivity index (χ0) is 20.8. The molecule has 3 aromatic carbocycles.